The minimum atomic E-state index is 0.457. The summed E-state index contributed by atoms with van der Waals surface area (Å²) in [6.07, 6.45) is 3.25. The Balaban J connectivity index is 2.03. The number of hydrogen-bond donors (Lipinski definition) is 0. The molecule has 0 unspecified atom stereocenters. The highest BCUT2D eigenvalue weighted by Gasteiger charge is 2.31. The Bertz CT molecular complexity index is 1050. The summed E-state index contributed by atoms with van der Waals surface area (Å²) in [6.45, 7) is 9.63. The summed E-state index contributed by atoms with van der Waals surface area (Å²) >= 11 is 19.1. The van der Waals surface area contributed by atoms with Gasteiger partial charge in [-0.3, -0.25) is 0 Å². The third-order valence-corrected chi connectivity index (χ3v) is 6.53. The van der Waals surface area contributed by atoms with E-state index in [4.69, 9.17) is 44.9 Å². The molecule has 3 heterocycles. The number of nitrogens with zero attached hydrogens (tertiary/aromatic N) is 4. The first-order valence-corrected chi connectivity index (χ1v) is 10.8. The van der Waals surface area contributed by atoms with Gasteiger partial charge in [0.2, 0.25) is 0 Å². The maximum Gasteiger partial charge on any atom is 0.165 e. The van der Waals surface area contributed by atoms with Crippen LogP contribution in [0.1, 0.15) is 43.6 Å². The molecule has 1 aromatic carbocycles. The second-order valence-corrected chi connectivity index (χ2v) is 8.60. The number of pyridine rings is 1. The van der Waals surface area contributed by atoms with Crippen molar-refractivity contribution in [3.63, 3.8) is 0 Å². The SMILES string of the molecule is CCC(CC)N1CCc2c(C)nc3c(c(C)nn3-c3c(Cl)cc(Cl)cc3Cl)c21. The molecule has 4 rings (SSSR count). The topological polar surface area (TPSA) is 34.0 Å². The van der Waals surface area contributed by atoms with Crippen molar-refractivity contribution in [3.8, 4) is 5.69 Å². The van der Waals surface area contributed by atoms with Gasteiger partial charge in [-0.25, -0.2) is 9.67 Å². The standard InChI is InChI=1S/C21H23Cl3N4/c1-5-14(6-2)27-8-7-15-11(3)25-21-18(19(15)27)12(4)26-28(21)20-16(23)9-13(22)10-17(20)24/h9-10,14H,5-8H2,1-4H3. The molecule has 1 aliphatic heterocycles. The fraction of sp³-hybridized carbons (Fsp3) is 0.429. The molecule has 3 aromatic rings. The van der Waals surface area contributed by atoms with Gasteiger partial charge in [-0.1, -0.05) is 48.7 Å². The maximum absolute atomic E-state index is 6.49. The highest BCUT2D eigenvalue weighted by Crippen LogP contribution is 2.42. The lowest BCUT2D eigenvalue weighted by Gasteiger charge is -2.29. The van der Waals surface area contributed by atoms with Gasteiger partial charge in [-0.05, 0) is 50.8 Å². The molecule has 2 aromatic heterocycles. The number of aryl methyl sites for hydroxylation is 2. The minimum Gasteiger partial charge on any atom is -0.367 e. The summed E-state index contributed by atoms with van der Waals surface area (Å²) in [5, 5.41) is 7.29. The van der Waals surface area contributed by atoms with Crippen molar-refractivity contribution in [2.45, 2.75) is 53.0 Å². The van der Waals surface area contributed by atoms with E-state index < -0.39 is 0 Å². The van der Waals surface area contributed by atoms with Crippen LogP contribution in [0.2, 0.25) is 15.1 Å². The van der Waals surface area contributed by atoms with E-state index in [1.165, 1.54) is 11.3 Å². The molecule has 0 atom stereocenters. The summed E-state index contributed by atoms with van der Waals surface area (Å²) in [5.41, 5.74) is 5.98. The molecule has 28 heavy (non-hydrogen) atoms. The number of halogens is 3. The van der Waals surface area contributed by atoms with Crippen molar-refractivity contribution >= 4 is 51.5 Å². The molecule has 7 heteroatoms. The Morgan fingerprint density at radius 2 is 1.64 bits per heavy atom. The van der Waals surface area contributed by atoms with Crippen molar-refractivity contribution in [2.24, 2.45) is 0 Å². The maximum atomic E-state index is 6.49. The van der Waals surface area contributed by atoms with E-state index in [1.54, 1.807) is 16.8 Å². The van der Waals surface area contributed by atoms with Gasteiger partial charge in [0.15, 0.2) is 5.65 Å². The van der Waals surface area contributed by atoms with Gasteiger partial charge in [0.1, 0.15) is 5.69 Å². The Morgan fingerprint density at radius 1 is 1.00 bits per heavy atom. The van der Waals surface area contributed by atoms with Crippen LogP contribution in [0, 0.1) is 13.8 Å². The lowest BCUT2D eigenvalue weighted by atomic mass is 10.1. The quantitative estimate of drug-likeness (QED) is 0.464. The third kappa shape index (κ3) is 2.97. The molecule has 0 aliphatic carbocycles. The molecular weight excluding hydrogens is 415 g/mol. The Morgan fingerprint density at radius 3 is 2.25 bits per heavy atom. The predicted octanol–water partition coefficient (Wildman–Crippen LogP) is 6.55. The van der Waals surface area contributed by atoms with Crippen LogP contribution in [0.4, 0.5) is 5.69 Å². The number of anilines is 1. The van der Waals surface area contributed by atoms with Gasteiger partial charge in [0, 0.05) is 23.3 Å². The van der Waals surface area contributed by atoms with Gasteiger partial charge in [0.05, 0.1) is 26.8 Å². The van der Waals surface area contributed by atoms with Crippen molar-refractivity contribution in [2.75, 3.05) is 11.4 Å². The van der Waals surface area contributed by atoms with Crippen molar-refractivity contribution in [3.05, 3.63) is 44.2 Å². The smallest absolute Gasteiger partial charge is 0.165 e. The van der Waals surface area contributed by atoms with Crippen LogP contribution in [0.5, 0.6) is 0 Å². The molecule has 0 saturated carbocycles. The Kier molecular flexibility index (Phi) is 5.24. The zero-order chi connectivity index (χ0) is 20.2. The van der Waals surface area contributed by atoms with Crippen LogP contribution >= 0.6 is 34.8 Å². The number of fused-ring (bicyclic) bond motifs is 3. The van der Waals surface area contributed by atoms with Crippen LogP contribution in [0.3, 0.4) is 0 Å². The molecule has 0 fully saturated rings. The van der Waals surface area contributed by atoms with E-state index in [0.29, 0.717) is 26.8 Å². The van der Waals surface area contributed by atoms with Crippen molar-refractivity contribution in [1.29, 1.82) is 0 Å². The number of rotatable bonds is 4. The highest BCUT2D eigenvalue weighted by atomic mass is 35.5. The van der Waals surface area contributed by atoms with Crippen LogP contribution in [0.15, 0.2) is 12.1 Å². The zero-order valence-corrected chi connectivity index (χ0v) is 18.8. The van der Waals surface area contributed by atoms with Gasteiger partial charge < -0.3 is 4.90 Å². The van der Waals surface area contributed by atoms with Gasteiger partial charge in [-0.2, -0.15) is 5.10 Å². The lowest BCUT2D eigenvalue weighted by Crippen LogP contribution is -2.32. The molecule has 0 spiro atoms. The van der Waals surface area contributed by atoms with E-state index in [-0.39, 0.29) is 0 Å². The molecule has 0 N–H and O–H groups in total. The van der Waals surface area contributed by atoms with E-state index in [0.717, 1.165) is 48.2 Å². The highest BCUT2D eigenvalue weighted by molar-refractivity contribution is 6.40. The normalized spacial score (nSPS) is 13.8. The average Bonchev–Trinajstić information content (AvgIpc) is 3.18. The van der Waals surface area contributed by atoms with Crippen LogP contribution in [-0.2, 0) is 6.42 Å². The van der Waals surface area contributed by atoms with Crippen LogP contribution < -0.4 is 4.90 Å². The first-order valence-electron chi connectivity index (χ1n) is 9.67. The molecule has 0 bridgehead atoms. The lowest BCUT2D eigenvalue weighted by molar-refractivity contribution is 0.572. The summed E-state index contributed by atoms with van der Waals surface area (Å²) < 4.78 is 1.77. The summed E-state index contributed by atoms with van der Waals surface area (Å²) in [4.78, 5) is 7.46. The third-order valence-electron chi connectivity index (χ3n) is 5.74. The van der Waals surface area contributed by atoms with Gasteiger partial charge in [-0.15, -0.1) is 0 Å². The zero-order valence-electron chi connectivity index (χ0n) is 16.5. The molecular formula is C21H23Cl3N4. The molecule has 0 saturated heterocycles. The monoisotopic (exact) mass is 436 g/mol. The summed E-state index contributed by atoms with van der Waals surface area (Å²) in [6, 6.07) is 3.88. The van der Waals surface area contributed by atoms with Crippen LogP contribution in [-0.4, -0.2) is 27.4 Å². The summed E-state index contributed by atoms with van der Waals surface area (Å²) in [5.74, 6) is 0. The first-order chi connectivity index (χ1) is 13.4. The number of benzene rings is 1. The van der Waals surface area contributed by atoms with Crippen LogP contribution in [0.25, 0.3) is 16.7 Å². The van der Waals surface area contributed by atoms with E-state index in [2.05, 4.69) is 25.7 Å². The molecule has 0 radical (unpaired) electrons. The largest absolute Gasteiger partial charge is 0.367 e. The summed E-state index contributed by atoms with van der Waals surface area (Å²) in [7, 11) is 0. The molecule has 148 valence electrons. The number of aromatic nitrogens is 3. The molecule has 0 amide bonds. The second-order valence-electron chi connectivity index (χ2n) is 7.35. The van der Waals surface area contributed by atoms with E-state index in [9.17, 15) is 0 Å². The minimum absolute atomic E-state index is 0.457. The predicted molar refractivity (Wildman–Crippen MR) is 119 cm³/mol. The van der Waals surface area contributed by atoms with Gasteiger partial charge >= 0.3 is 0 Å². The van der Waals surface area contributed by atoms with Crippen molar-refractivity contribution in [1.82, 2.24) is 14.8 Å². The fourth-order valence-electron chi connectivity index (χ4n) is 4.39. The Labute approximate surface area is 180 Å². The second kappa shape index (κ2) is 7.40. The fourth-order valence-corrected chi connectivity index (χ4v) is 5.37. The van der Waals surface area contributed by atoms with E-state index in [1.807, 2.05) is 6.92 Å². The molecule has 1 aliphatic rings. The number of hydrogen-bond acceptors (Lipinski definition) is 3. The van der Waals surface area contributed by atoms with Crippen molar-refractivity contribution < 1.29 is 0 Å². The van der Waals surface area contributed by atoms with E-state index >= 15 is 0 Å². The Hall–Kier alpha value is -1.49. The molecule has 4 nitrogen and oxygen atoms in total. The first kappa shape index (κ1) is 19.8. The van der Waals surface area contributed by atoms with Gasteiger partial charge in [0.25, 0.3) is 0 Å². The average molecular weight is 438 g/mol.